The van der Waals surface area contributed by atoms with Crippen molar-refractivity contribution in [3.05, 3.63) is 145 Å². The van der Waals surface area contributed by atoms with Gasteiger partial charge in [0.25, 0.3) is 0 Å². The highest BCUT2D eigenvalue weighted by atomic mass is 15.2. The van der Waals surface area contributed by atoms with Crippen molar-refractivity contribution in [2.75, 3.05) is 4.90 Å². The lowest BCUT2D eigenvalue weighted by Gasteiger charge is -2.42. The number of nitrogens with zero attached hydrogens (tertiary/aromatic N) is 4. The summed E-state index contributed by atoms with van der Waals surface area (Å²) in [6.07, 6.45) is 3.69. The van der Waals surface area contributed by atoms with E-state index in [1.165, 1.54) is 60.5 Å². The van der Waals surface area contributed by atoms with E-state index in [9.17, 15) is 0 Å². The SMILES string of the molecule is CC1(C)c2ccccc2N(c2cc3ccc4cc(-n5c6cccnc6c6ncccc65)cc5ccc(c2)c3c45)c2ccccc21. The number of pyridine rings is 2. The van der Waals surface area contributed by atoms with Gasteiger partial charge >= 0.3 is 0 Å². The first-order valence-electron chi connectivity index (χ1n) is 15.5. The predicted octanol–water partition coefficient (Wildman–Crippen LogP) is 10.6. The van der Waals surface area contributed by atoms with E-state index in [0.717, 1.165) is 27.8 Å². The number of rotatable bonds is 2. The molecule has 0 fully saturated rings. The molecule has 9 aromatic rings. The number of anilines is 3. The third kappa shape index (κ3) is 3.26. The lowest BCUT2D eigenvalue weighted by molar-refractivity contribution is 0.632. The van der Waals surface area contributed by atoms with Crippen molar-refractivity contribution in [3.8, 4) is 5.69 Å². The van der Waals surface area contributed by atoms with E-state index in [1.807, 2.05) is 24.5 Å². The third-order valence-electron chi connectivity index (χ3n) is 9.94. The second-order valence-electron chi connectivity index (χ2n) is 12.7. The summed E-state index contributed by atoms with van der Waals surface area (Å²) < 4.78 is 2.30. The Bertz CT molecular complexity index is 2480. The maximum atomic E-state index is 4.69. The Balaban J connectivity index is 1.20. The minimum absolute atomic E-state index is 0.0833. The van der Waals surface area contributed by atoms with Crippen molar-refractivity contribution in [2.24, 2.45) is 0 Å². The van der Waals surface area contributed by atoms with Gasteiger partial charge in [-0.2, -0.15) is 0 Å². The maximum absolute atomic E-state index is 4.69. The lowest BCUT2D eigenvalue weighted by Crippen LogP contribution is -2.30. The van der Waals surface area contributed by atoms with Gasteiger partial charge in [-0.05, 0) is 104 Å². The van der Waals surface area contributed by atoms with Gasteiger partial charge in [-0.3, -0.25) is 9.97 Å². The van der Waals surface area contributed by atoms with Crippen LogP contribution < -0.4 is 4.90 Å². The van der Waals surface area contributed by atoms with Crippen LogP contribution >= 0.6 is 0 Å². The number of para-hydroxylation sites is 2. The average molecular weight is 577 g/mol. The molecule has 0 atom stereocenters. The molecule has 0 spiro atoms. The van der Waals surface area contributed by atoms with E-state index >= 15 is 0 Å². The molecule has 0 amide bonds. The molecule has 4 nitrogen and oxygen atoms in total. The molecule has 0 aliphatic carbocycles. The summed E-state index contributed by atoms with van der Waals surface area (Å²) in [6, 6.07) is 44.5. The van der Waals surface area contributed by atoms with Crippen LogP contribution in [-0.2, 0) is 5.41 Å². The molecule has 0 bridgehead atoms. The highest BCUT2D eigenvalue weighted by molar-refractivity contribution is 6.24. The van der Waals surface area contributed by atoms with Gasteiger partial charge in [0, 0.05) is 29.2 Å². The fourth-order valence-corrected chi connectivity index (χ4v) is 7.94. The Kier molecular flexibility index (Phi) is 4.76. The molecule has 10 rings (SSSR count). The molecule has 1 aliphatic rings. The van der Waals surface area contributed by atoms with E-state index in [4.69, 9.17) is 9.97 Å². The highest BCUT2D eigenvalue weighted by Gasteiger charge is 2.36. The molecule has 0 unspecified atom stereocenters. The molecule has 45 heavy (non-hydrogen) atoms. The van der Waals surface area contributed by atoms with E-state index in [1.54, 1.807) is 0 Å². The number of fused-ring (bicyclic) bond motifs is 5. The zero-order valence-corrected chi connectivity index (χ0v) is 25.0. The van der Waals surface area contributed by atoms with E-state index in [-0.39, 0.29) is 5.41 Å². The van der Waals surface area contributed by atoms with Crippen molar-refractivity contribution in [3.63, 3.8) is 0 Å². The Morgan fingerprint density at radius 1 is 0.489 bits per heavy atom. The van der Waals surface area contributed by atoms with Crippen LogP contribution in [0.1, 0.15) is 25.0 Å². The fourth-order valence-electron chi connectivity index (χ4n) is 7.94. The maximum Gasteiger partial charge on any atom is 0.115 e. The number of hydrogen-bond donors (Lipinski definition) is 0. The molecule has 4 heterocycles. The Morgan fingerprint density at radius 3 is 1.42 bits per heavy atom. The zero-order chi connectivity index (χ0) is 29.9. The molecule has 6 aromatic carbocycles. The largest absolute Gasteiger partial charge is 0.310 e. The Morgan fingerprint density at radius 2 is 0.933 bits per heavy atom. The molecule has 212 valence electrons. The van der Waals surface area contributed by atoms with Gasteiger partial charge in [0.1, 0.15) is 11.0 Å². The summed E-state index contributed by atoms with van der Waals surface area (Å²) >= 11 is 0. The predicted molar refractivity (Wildman–Crippen MR) is 187 cm³/mol. The molecule has 0 radical (unpaired) electrons. The quantitative estimate of drug-likeness (QED) is 0.192. The minimum Gasteiger partial charge on any atom is -0.310 e. The van der Waals surface area contributed by atoms with Crippen LogP contribution in [-0.4, -0.2) is 14.5 Å². The van der Waals surface area contributed by atoms with Crippen LogP contribution in [0, 0.1) is 0 Å². The highest BCUT2D eigenvalue weighted by Crippen LogP contribution is 2.52. The van der Waals surface area contributed by atoms with Crippen molar-refractivity contribution >= 4 is 71.4 Å². The second kappa shape index (κ2) is 8.67. The summed E-state index contributed by atoms with van der Waals surface area (Å²) in [5, 5.41) is 7.57. The van der Waals surface area contributed by atoms with Gasteiger partial charge in [0.15, 0.2) is 0 Å². The summed E-state index contributed by atoms with van der Waals surface area (Å²) in [5.41, 5.74) is 11.4. The average Bonchev–Trinajstić information content (AvgIpc) is 3.42. The molecule has 0 N–H and O–H groups in total. The summed E-state index contributed by atoms with van der Waals surface area (Å²) in [4.78, 5) is 11.8. The molecule has 3 aromatic heterocycles. The monoisotopic (exact) mass is 576 g/mol. The molecule has 4 heteroatoms. The van der Waals surface area contributed by atoms with Crippen molar-refractivity contribution in [2.45, 2.75) is 19.3 Å². The summed E-state index contributed by atoms with van der Waals surface area (Å²) in [5.74, 6) is 0. The van der Waals surface area contributed by atoms with Gasteiger partial charge < -0.3 is 9.47 Å². The van der Waals surface area contributed by atoms with Gasteiger partial charge in [0.05, 0.1) is 22.4 Å². The van der Waals surface area contributed by atoms with Crippen molar-refractivity contribution < 1.29 is 0 Å². The second-order valence-corrected chi connectivity index (χ2v) is 12.7. The molecule has 1 aliphatic heterocycles. The van der Waals surface area contributed by atoms with Crippen molar-refractivity contribution in [1.29, 1.82) is 0 Å². The van der Waals surface area contributed by atoms with Crippen LogP contribution in [0.25, 0.3) is 60.1 Å². The van der Waals surface area contributed by atoms with Gasteiger partial charge in [-0.25, -0.2) is 0 Å². The standard InChI is InChI=1S/C41H28N4/c1-41(2)31-9-3-5-11-33(31)44(34-12-6-4-10-32(34)41)29-21-25-15-17-27-23-30(24-28-18-16-26(22-29)37(25)38(27)28)45-35-13-7-19-42-39(35)40-36(45)14-8-20-43-40/h3-24H,1-2H3. The molecular formula is C41H28N4. The summed E-state index contributed by atoms with van der Waals surface area (Å²) in [7, 11) is 0. The minimum atomic E-state index is -0.0833. The topological polar surface area (TPSA) is 34.0 Å². The number of hydrogen-bond acceptors (Lipinski definition) is 3. The number of aromatic nitrogens is 3. The lowest BCUT2D eigenvalue weighted by atomic mass is 9.73. The first kappa shape index (κ1) is 24.7. The van der Waals surface area contributed by atoms with Gasteiger partial charge in [0.2, 0.25) is 0 Å². The van der Waals surface area contributed by atoms with E-state index in [0.29, 0.717) is 0 Å². The molecule has 0 saturated carbocycles. The number of benzene rings is 6. The Labute approximate surface area is 260 Å². The van der Waals surface area contributed by atoms with E-state index in [2.05, 4.69) is 133 Å². The first-order valence-corrected chi connectivity index (χ1v) is 15.5. The van der Waals surface area contributed by atoms with Crippen LogP contribution in [0.5, 0.6) is 0 Å². The third-order valence-corrected chi connectivity index (χ3v) is 9.94. The smallest absolute Gasteiger partial charge is 0.115 e. The molecule has 0 saturated heterocycles. The van der Waals surface area contributed by atoms with Crippen molar-refractivity contribution in [1.82, 2.24) is 14.5 Å². The van der Waals surface area contributed by atoms with Crippen LogP contribution in [0.4, 0.5) is 17.1 Å². The van der Waals surface area contributed by atoms with Crippen LogP contribution in [0.3, 0.4) is 0 Å². The van der Waals surface area contributed by atoms with Crippen LogP contribution in [0.2, 0.25) is 0 Å². The van der Waals surface area contributed by atoms with Gasteiger partial charge in [-0.1, -0.05) is 74.5 Å². The normalized spacial score (nSPS) is 14.1. The van der Waals surface area contributed by atoms with Crippen LogP contribution in [0.15, 0.2) is 134 Å². The fraction of sp³-hybridized carbons (Fsp3) is 0.0732. The molecular weight excluding hydrogens is 548 g/mol. The zero-order valence-electron chi connectivity index (χ0n) is 25.0. The summed E-state index contributed by atoms with van der Waals surface area (Å²) in [6.45, 7) is 4.67. The van der Waals surface area contributed by atoms with E-state index < -0.39 is 0 Å². The Hall–Kier alpha value is -5.74. The first-order chi connectivity index (χ1) is 22.1. The van der Waals surface area contributed by atoms with Gasteiger partial charge in [-0.15, -0.1) is 0 Å².